The van der Waals surface area contributed by atoms with Gasteiger partial charge in [0.05, 0.1) is 6.61 Å². The van der Waals surface area contributed by atoms with E-state index in [0.717, 1.165) is 32.0 Å². The topological polar surface area (TPSA) is 21.3 Å². The van der Waals surface area contributed by atoms with Gasteiger partial charge < -0.3 is 10.1 Å². The van der Waals surface area contributed by atoms with Gasteiger partial charge in [-0.3, -0.25) is 0 Å². The lowest BCUT2D eigenvalue weighted by atomic mass is 9.92. The molecule has 0 radical (unpaired) electrons. The summed E-state index contributed by atoms with van der Waals surface area (Å²) in [6.45, 7) is 2.19. The lowest BCUT2D eigenvalue weighted by Gasteiger charge is -2.24. The van der Waals surface area contributed by atoms with E-state index in [1.165, 1.54) is 0 Å². The van der Waals surface area contributed by atoms with Gasteiger partial charge in [0, 0.05) is 29.7 Å². The summed E-state index contributed by atoms with van der Waals surface area (Å²) >= 11 is 0. The highest BCUT2D eigenvalue weighted by atomic mass is 19.1. The number of ether oxygens (including phenoxy) is 1. The summed E-state index contributed by atoms with van der Waals surface area (Å²) in [5.41, 5.74) is 1.13. The number of hydrogen-bond acceptors (Lipinski definition) is 2. The maximum atomic E-state index is 13.9. The van der Waals surface area contributed by atoms with E-state index in [1.54, 1.807) is 0 Å². The van der Waals surface area contributed by atoms with Crippen LogP contribution in [-0.2, 0) is 6.42 Å². The summed E-state index contributed by atoms with van der Waals surface area (Å²) in [7, 11) is 0. The maximum Gasteiger partial charge on any atom is 0.133 e. The zero-order valence-electron chi connectivity index (χ0n) is 9.56. The van der Waals surface area contributed by atoms with Crippen molar-refractivity contribution in [2.45, 2.75) is 25.2 Å². The molecule has 2 heterocycles. The number of hydrogen-bond donors (Lipinski definition) is 1. The Kier molecular flexibility index (Phi) is 2.74. The summed E-state index contributed by atoms with van der Waals surface area (Å²) in [5.74, 6) is -0.339. The minimum atomic E-state index is -0.466. The van der Waals surface area contributed by atoms with Crippen molar-refractivity contribution < 1.29 is 13.5 Å². The van der Waals surface area contributed by atoms with Gasteiger partial charge in [-0.1, -0.05) is 0 Å². The Morgan fingerprint density at radius 2 is 2.18 bits per heavy atom. The van der Waals surface area contributed by atoms with Crippen LogP contribution >= 0.6 is 0 Å². The molecule has 17 heavy (non-hydrogen) atoms. The van der Waals surface area contributed by atoms with Gasteiger partial charge in [-0.25, -0.2) is 8.78 Å². The fourth-order valence-electron chi connectivity index (χ4n) is 2.76. The van der Waals surface area contributed by atoms with Crippen molar-refractivity contribution in [3.05, 3.63) is 28.8 Å². The van der Waals surface area contributed by atoms with Crippen molar-refractivity contribution >= 4 is 0 Å². The third kappa shape index (κ3) is 1.80. The summed E-state index contributed by atoms with van der Waals surface area (Å²) in [6, 6.07) is 1.02. The minimum absolute atomic E-state index is 0.113. The molecule has 2 aliphatic heterocycles. The lowest BCUT2D eigenvalue weighted by molar-refractivity contribution is 0.276. The second-order valence-corrected chi connectivity index (χ2v) is 4.70. The van der Waals surface area contributed by atoms with Crippen LogP contribution in [0.3, 0.4) is 0 Å². The van der Waals surface area contributed by atoms with Gasteiger partial charge in [0.25, 0.3) is 0 Å². The molecule has 1 aromatic rings. The number of benzene rings is 1. The Morgan fingerprint density at radius 3 is 2.94 bits per heavy atom. The predicted octanol–water partition coefficient (Wildman–Crippen LogP) is 2.37. The van der Waals surface area contributed by atoms with Gasteiger partial charge in [0.1, 0.15) is 17.4 Å². The standard InChI is InChI=1S/C13H15F2NO/c14-10-6-11(15)12(8-3-4-16-7-8)13-9(10)2-1-5-17-13/h6,8,16H,1-5,7H2. The maximum absolute atomic E-state index is 13.9. The molecule has 92 valence electrons. The Balaban J connectivity index is 2.12. The fraction of sp³-hybridized carbons (Fsp3) is 0.538. The van der Waals surface area contributed by atoms with E-state index in [1.807, 2.05) is 0 Å². The molecule has 1 atom stereocenters. The first-order valence-corrected chi connectivity index (χ1v) is 6.11. The predicted molar refractivity (Wildman–Crippen MR) is 60.4 cm³/mol. The second kappa shape index (κ2) is 4.26. The molecule has 1 fully saturated rings. The zero-order valence-corrected chi connectivity index (χ0v) is 9.56. The first kappa shape index (κ1) is 11.0. The van der Waals surface area contributed by atoms with Crippen molar-refractivity contribution in [1.29, 1.82) is 0 Å². The average Bonchev–Trinajstić information content (AvgIpc) is 2.83. The van der Waals surface area contributed by atoms with E-state index < -0.39 is 11.6 Å². The lowest BCUT2D eigenvalue weighted by Crippen LogP contribution is -2.17. The van der Waals surface area contributed by atoms with Crippen LogP contribution < -0.4 is 10.1 Å². The summed E-state index contributed by atoms with van der Waals surface area (Å²) in [6.07, 6.45) is 2.34. The van der Waals surface area contributed by atoms with Gasteiger partial charge in [0.15, 0.2) is 0 Å². The summed E-state index contributed by atoms with van der Waals surface area (Å²) < 4.78 is 33.1. The van der Waals surface area contributed by atoms with Crippen LogP contribution in [0.4, 0.5) is 8.78 Å². The second-order valence-electron chi connectivity index (χ2n) is 4.70. The van der Waals surface area contributed by atoms with Gasteiger partial charge in [-0.15, -0.1) is 0 Å². The summed E-state index contributed by atoms with van der Waals surface area (Å²) in [4.78, 5) is 0. The molecular formula is C13H15F2NO. The Hall–Kier alpha value is -1.16. The van der Waals surface area contributed by atoms with Crippen LogP contribution in [0.2, 0.25) is 0 Å². The highest BCUT2D eigenvalue weighted by Gasteiger charge is 2.29. The molecule has 1 N–H and O–H groups in total. The number of nitrogens with one attached hydrogen (secondary N) is 1. The normalized spacial score (nSPS) is 23.3. The molecule has 2 aliphatic rings. The molecule has 4 heteroatoms. The molecule has 0 saturated carbocycles. The van der Waals surface area contributed by atoms with Crippen LogP contribution in [0.15, 0.2) is 6.07 Å². The molecule has 2 nitrogen and oxygen atoms in total. The van der Waals surface area contributed by atoms with Crippen molar-refractivity contribution in [1.82, 2.24) is 5.32 Å². The van der Waals surface area contributed by atoms with Crippen molar-refractivity contribution in [3.63, 3.8) is 0 Å². The van der Waals surface area contributed by atoms with E-state index in [2.05, 4.69) is 5.32 Å². The van der Waals surface area contributed by atoms with Crippen LogP contribution in [0.25, 0.3) is 0 Å². The SMILES string of the molecule is Fc1cc(F)c(C2CCNC2)c2c1CCCO2. The molecule has 1 unspecified atom stereocenters. The molecule has 0 amide bonds. The fourth-order valence-corrected chi connectivity index (χ4v) is 2.76. The van der Waals surface area contributed by atoms with Crippen LogP contribution in [0.5, 0.6) is 5.75 Å². The minimum Gasteiger partial charge on any atom is -0.493 e. The van der Waals surface area contributed by atoms with Crippen molar-refractivity contribution in [2.24, 2.45) is 0 Å². The van der Waals surface area contributed by atoms with Crippen LogP contribution in [0, 0.1) is 11.6 Å². The molecule has 0 aromatic heterocycles. The molecule has 1 saturated heterocycles. The largest absolute Gasteiger partial charge is 0.493 e. The number of fused-ring (bicyclic) bond motifs is 1. The highest BCUT2D eigenvalue weighted by Crippen LogP contribution is 2.39. The molecule has 1 aromatic carbocycles. The third-order valence-corrected chi connectivity index (χ3v) is 3.60. The Labute approximate surface area is 99.0 Å². The van der Waals surface area contributed by atoms with E-state index in [9.17, 15) is 8.78 Å². The monoisotopic (exact) mass is 239 g/mol. The first-order valence-electron chi connectivity index (χ1n) is 6.11. The number of rotatable bonds is 1. The molecule has 0 aliphatic carbocycles. The smallest absolute Gasteiger partial charge is 0.133 e. The Bertz CT molecular complexity index is 442. The quantitative estimate of drug-likeness (QED) is 0.812. The van der Waals surface area contributed by atoms with Gasteiger partial charge in [-0.05, 0) is 25.8 Å². The average molecular weight is 239 g/mol. The van der Waals surface area contributed by atoms with Crippen LogP contribution in [-0.4, -0.2) is 19.7 Å². The van der Waals surface area contributed by atoms with E-state index in [-0.39, 0.29) is 5.92 Å². The highest BCUT2D eigenvalue weighted by molar-refractivity contribution is 5.47. The molecular weight excluding hydrogens is 224 g/mol. The van der Waals surface area contributed by atoms with Crippen molar-refractivity contribution in [3.8, 4) is 5.75 Å². The van der Waals surface area contributed by atoms with E-state index in [4.69, 9.17) is 4.74 Å². The molecule has 0 bridgehead atoms. The van der Waals surface area contributed by atoms with Crippen LogP contribution in [0.1, 0.15) is 29.9 Å². The van der Waals surface area contributed by atoms with E-state index >= 15 is 0 Å². The molecule has 3 rings (SSSR count). The zero-order chi connectivity index (χ0) is 11.8. The number of halogens is 2. The third-order valence-electron chi connectivity index (χ3n) is 3.60. The Morgan fingerprint density at radius 1 is 1.29 bits per heavy atom. The summed E-state index contributed by atoms with van der Waals surface area (Å²) in [5, 5.41) is 3.20. The van der Waals surface area contributed by atoms with Gasteiger partial charge in [-0.2, -0.15) is 0 Å². The van der Waals surface area contributed by atoms with Gasteiger partial charge in [0.2, 0.25) is 0 Å². The first-order chi connectivity index (χ1) is 8.27. The van der Waals surface area contributed by atoms with E-state index in [0.29, 0.717) is 29.9 Å². The van der Waals surface area contributed by atoms with Crippen molar-refractivity contribution in [2.75, 3.05) is 19.7 Å². The molecule has 0 spiro atoms. The van der Waals surface area contributed by atoms with Gasteiger partial charge >= 0.3 is 0 Å².